The fourth-order valence-corrected chi connectivity index (χ4v) is 2.20. The van der Waals surface area contributed by atoms with E-state index >= 15 is 0 Å². The highest BCUT2D eigenvalue weighted by Gasteiger charge is 2.22. The summed E-state index contributed by atoms with van der Waals surface area (Å²) in [5.74, 6) is -0.202. The highest BCUT2D eigenvalue weighted by molar-refractivity contribution is 5.50. The fraction of sp³-hybridized carbons (Fsp3) is 0.571. The Labute approximate surface area is 108 Å². The summed E-state index contributed by atoms with van der Waals surface area (Å²) in [7, 11) is 0. The number of β-amino-alcohol motifs (C(OH)–C–C–N with tert-alkyl or cyclic N) is 1. The molecule has 2 rings (SSSR count). The minimum atomic E-state index is -0.327. The summed E-state index contributed by atoms with van der Waals surface area (Å²) >= 11 is 0. The van der Waals surface area contributed by atoms with E-state index in [1.165, 1.54) is 0 Å². The Balaban J connectivity index is 2.05. The lowest BCUT2D eigenvalue weighted by molar-refractivity contribution is 0.198. The Bertz CT molecular complexity index is 409. The third kappa shape index (κ3) is 3.21. The van der Waals surface area contributed by atoms with E-state index in [0.29, 0.717) is 24.8 Å². The minimum absolute atomic E-state index is 0.202. The third-order valence-corrected chi connectivity index (χ3v) is 3.23. The number of benzene rings is 1. The quantitative estimate of drug-likeness (QED) is 0.859. The lowest BCUT2D eigenvalue weighted by atomic mass is 10.1. The Kier molecular flexibility index (Phi) is 4.19. The minimum Gasteiger partial charge on any atom is -0.391 e. The molecule has 100 valence electrons. The van der Waals surface area contributed by atoms with Crippen LogP contribution in [0.1, 0.15) is 25.8 Å². The maximum atomic E-state index is 14.0. The monoisotopic (exact) mass is 252 g/mol. The van der Waals surface area contributed by atoms with Crippen molar-refractivity contribution >= 4 is 5.69 Å². The lowest BCUT2D eigenvalue weighted by Gasteiger charge is -2.19. The average Bonchev–Trinajstić information content (AvgIpc) is 2.73. The zero-order chi connectivity index (χ0) is 13.1. The molecule has 4 heteroatoms. The molecule has 1 saturated heterocycles. The molecular weight excluding hydrogens is 231 g/mol. The molecule has 1 atom stereocenters. The van der Waals surface area contributed by atoms with Crippen molar-refractivity contribution < 1.29 is 9.50 Å². The van der Waals surface area contributed by atoms with Gasteiger partial charge in [-0.25, -0.2) is 4.39 Å². The van der Waals surface area contributed by atoms with Crippen LogP contribution in [0.25, 0.3) is 0 Å². The highest BCUT2D eigenvalue weighted by Crippen LogP contribution is 2.24. The maximum Gasteiger partial charge on any atom is 0.146 e. The van der Waals surface area contributed by atoms with Gasteiger partial charge < -0.3 is 15.3 Å². The number of nitrogens with zero attached hydrogens (tertiary/aromatic N) is 1. The molecule has 0 aromatic heterocycles. The summed E-state index contributed by atoms with van der Waals surface area (Å²) < 4.78 is 14.0. The van der Waals surface area contributed by atoms with Gasteiger partial charge in [0.25, 0.3) is 0 Å². The van der Waals surface area contributed by atoms with Crippen LogP contribution in [0.2, 0.25) is 0 Å². The molecule has 0 spiro atoms. The topological polar surface area (TPSA) is 35.5 Å². The molecule has 0 bridgehead atoms. The summed E-state index contributed by atoms with van der Waals surface area (Å²) in [4.78, 5) is 1.90. The summed E-state index contributed by atoms with van der Waals surface area (Å²) in [6, 6.07) is 5.72. The van der Waals surface area contributed by atoms with Crippen LogP contribution in [0.5, 0.6) is 0 Å². The molecule has 1 aromatic rings. The summed E-state index contributed by atoms with van der Waals surface area (Å²) in [5, 5.41) is 12.7. The Morgan fingerprint density at radius 2 is 2.28 bits per heavy atom. The Hall–Kier alpha value is -1.13. The second-order valence-corrected chi connectivity index (χ2v) is 5.21. The summed E-state index contributed by atoms with van der Waals surface area (Å²) in [6.45, 7) is 6.06. The molecule has 0 radical (unpaired) electrons. The van der Waals surface area contributed by atoms with Crippen LogP contribution >= 0.6 is 0 Å². The molecule has 1 unspecified atom stereocenters. The van der Waals surface area contributed by atoms with Gasteiger partial charge in [-0.1, -0.05) is 19.9 Å². The van der Waals surface area contributed by atoms with Gasteiger partial charge in [-0.05, 0) is 24.1 Å². The molecule has 1 aliphatic rings. The molecule has 0 amide bonds. The van der Waals surface area contributed by atoms with Crippen molar-refractivity contribution in [2.24, 2.45) is 0 Å². The Morgan fingerprint density at radius 1 is 1.50 bits per heavy atom. The van der Waals surface area contributed by atoms with Crippen molar-refractivity contribution in [2.45, 2.75) is 39.0 Å². The van der Waals surface area contributed by atoms with Crippen molar-refractivity contribution in [3.05, 3.63) is 29.6 Å². The molecule has 1 aliphatic heterocycles. The van der Waals surface area contributed by atoms with Gasteiger partial charge in [0, 0.05) is 25.7 Å². The molecule has 1 heterocycles. The smallest absolute Gasteiger partial charge is 0.146 e. The maximum absolute atomic E-state index is 14.0. The van der Waals surface area contributed by atoms with Crippen LogP contribution in [-0.2, 0) is 6.54 Å². The van der Waals surface area contributed by atoms with Gasteiger partial charge in [0.05, 0.1) is 11.8 Å². The number of halogens is 1. The van der Waals surface area contributed by atoms with Gasteiger partial charge in [0.1, 0.15) is 5.82 Å². The third-order valence-electron chi connectivity index (χ3n) is 3.23. The first kappa shape index (κ1) is 13.3. The second kappa shape index (κ2) is 5.67. The van der Waals surface area contributed by atoms with Gasteiger partial charge in [0.15, 0.2) is 0 Å². The van der Waals surface area contributed by atoms with Crippen LogP contribution in [0.15, 0.2) is 18.2 Å². The summed E-state index contributed by atoms with van der Waals surface area (Å²) in [5.41, 5.74) is 1.55. The highest BCUT2D eigenvalue weighted by atomic mass is 19.1. The molecule has 1 fully saturated rings. The SMILES string of the molecule is CC(C)NCc1ccc(N2CCC(O)C2)c(F)c1. The van der Waals surface area contributed by atoms with Crippen LogP contribution in [0.3, 0.4) is 0 Å². The predicted octanol–water partition coefficient (Wildman–Crippen LogP) is 1.89. The van der Waals surface area contributed by atoms with E-state index in [0.717, 1.165) is 18.5 Å². The average molecular weight is 252 g/mol. The molecule has 1 aromatic carbocycles. The zero-order valence-electron chi connectivity index (χ0n) is 11.0. The van der Waals surface area contributed by atoms with Gasteiger partial charge in [-0.3, -0.25) is 0 Å². The molecule has 18 heavy (non-hydrogen) atoms. The first-order valence-corrected chi connectivity index (χ1v) is 6.51. The Morgan fingerprint density at radius 3 is 2.83 bits per heavy atom. The molecule has 3 nitrogen and oxygen atoms in total. The van der Waals surface area contributed by atoms with Crippen LogP contribution in [0.4, 0.5) is 10.1 Å². The standard InChI is InChI=1S/C14H21FN2O/c1-10(2)16-8-11-3-4-14(13(15)7-11)17-6-5-12(18)9-17/h3-4,7,10,12,16,18H,5-6,8-9H2,1-2H3. The number of hydrogen-bond acceptors (Lipinski definition) is 3. The molecule has 2 N–H and O–H groups in total. The van der Waals surface area contributed by atoms with Crippen molar-refractivity contribution in [1.82, 2.24) is 5.32 Å². The number of aliphatic hydroxyl groups is 1. The van der Waals surface area contributed by atoms with E-state index in [-0.39, 0.29) is 11.9 Å². The number of rotatable bonds is 4. The predicted molar refractivity (Wildman–Crippen MR) is 71.2 cm³/mol. The van der Waals surface area contributed by atoms with Gasteiger partial charge in [-0.2, -0.15) is 0 Å². The normalized spacial score (nSPS) is 19.8. The van der Waals surface area contributed by atoms with E-state index in [2.05, 4.69) is 19.2 Å². The number of hydrogen-bond donors (Lipinski definition) is 2. The van der Waals surface area contributed by atoms with E-state index in [1.807, 2.05) is 17.0 Å². The zero-order valence-corrected chi connectivity index (χ0v) is 11.0. The summed E-state index contributed by atoms with van der Waals surface area (Å²) in [6.07, 6.45) is 0.391. The number of nitrogens with one attached hydrogen (secondary N) is 1. The molecule has 0 saturated carbocycles. The van der Waals surface area contributed by atoms with Crippen molar-refractivity contribution in [1.29, 1.82) is 0 Å². The van der Waals surface area contributed by atoms with Gasteiger partial charge in [0.2, 0.25) is 0 Å². The van der Waals surface area contributed by atoms with Crippen LogP contribution < -0.4 is 10.2 Å². The lowest BCUT2D eigenvalue weighted by Crippen LogP contribution is -2.23. The molecular formula is C14H21FN2O. The van der Waals surface area contributed by atoms with Crippen LogP contribution in [-0.4, -0.2) is 30.3 Å². The largest absolute Gasteiger partial charge is 0.391 e. The van der Waals surface area contributed by atoms with Crippen molar-refractivity contribution in [3.8, 4) is 0 Å². The number of anilines is 1. The second-order valence-electron chi connectivity index (χ2n) is 5.21. The van der Waals surface area contributed by atoms with E-state index in [1.54, 1.807) is 6.07 Å². The van der Waals surface area contributed by atoms with Crippen molar-refractivity contribution in [2.75, 3.05) is 18.0 Å². The van der Waals surface area contributed by atoms with Gasteiger partial charge in [-0.15, -0.1) is 0 Å². The molecule has 0 aliphatic carbocycles. The first-order chi connectivity index (χ1) is 8.56. The van der Waals surface area contributed by atoms with E-state index in [9.17, 15) is 9.50 Å². The van der Waals surface area contributed by atoms with Crippen molar-refractivity contribution in [3.63, 3.8) is 0 Å². The fourth-order valence-electron chi connectivity index (χ4n) is 2.20. The van der Waals surface area contributed by atoms with Gasteiger partial charge >= 0.3 is 0 Å². The van der Waals surface area contributed by atoms with E-state index < -0.39 is 0 Å². The number of aliphatic hydroxyl groups excluding tert-OH is 1. The van der Waals surface area contributed by atoms with E-state index in [4.69, 9.17) is 0 Å². The first-order valence-electron chi connectivity index (χ1n) is 6.51. The van der Waals surface area contributed by atoms with Crippen LogP contribution in [0, 0.1) is 5.82 Å².